The van der Waals surface area contributed by atoms with Gasteiger partial charge in [0, 0.05) is 24.5 Å². The molecule has 3 aromatic rings. The number of carbonyl (C=O) groups excluding carboxylic acids is 2. The molecule has 0 aromatic heterocycles. The molecule has 35 heavy (non-hydrogen) atoms. The Kier molecular flexibility index (Phi) is 10.2. The van der Waals surface area contributed by atoms with Gasteiger partial charge in [-0.05, 0) is 48.2 Å². The van der Waals surface area contributed by atoms with Gasteiger partial charge in [0.25, 0.3) is 5.91 Å². The van der Waals surface area contributed by atoms with Crippen molar-refractivity contribution in [3.63, 3.8) is 0 Å². The molecular formula is C29H33ClN2O3. The third kappa shape index (κ3) is 8.15. The third-order valence-corrected chi connectivity index (χ3v) is 6.12. The molecule has 0 aliphatic rings. The minimum Gasteiger partial charge on any atom is -0.484 e. The first-order chi connectivity index (χ1) is 17.0. The number of amides is 2. The first-order valence-electron chi connectivity index (χ1n) is 12.0. The van der Waals surface area contributed by atoms with Gasteiger partial charge in [0.05, 0.1) is 0 Å². The molecule has 184 valence electrons. The van der Waals surface area contributed by atoms with E-state index in [1.54, 1.807) is 11.0 Å². The summed E-state index contributed by atoms with van der Waals surface area (Å²) in [5, 5.41) is 3.57. The minimum atomic E-state index is -0.709. The van der Waals surface area contributed by atoms with Gasteiger partial charge < -0.3 is 15.0 Å². The molecule has 2 amide bonds. The fraction of sp³-hybridized carbons (Fsp3) is 0.310. The number of nitrogens with zero attached hydrogens (tertiary/aromatic N) is 1. The Morgan fingerprint density at radius 2 is 1.74 bits per heavy atom. The van der Waals surface area contributed by atoms with Crippen molar-refractivity contribution in [2.45, 2.75) is 45.7 Å². The summed E-state index contributed by atoms with van der Waals surface area (Å²) in [5.41, 5.74) is 2.79. The average Bonchev–Trinajstić information content (AvgIpc) is 2.86. The lowest BCUT2D eigenvalue weighted by Crippen LogP contribution is -2.51. The van der Waals surface area contributed by atoms with E-state index in [1.165, 1.54) is 0 Å². The number of benzene rings is 3. The van der Waals surface area contributed by atoms with Crippen LogP contribution in [-0.4, -0.2) is 35.9 Å². The Balaban J connectivity index is 1.89. The number of unbranched alkanes of at least 4 members (excludes halogenated alkanes) is 1. The summed E-state index contributed by atoms with van der Waals surface area (Å²) < 4.78 is 5.82. The lowest BCUT2D eigenvalue weighted by atomic mass is 10.0. The highest BCUT2D eigenvalue weighted by Gasteiger charge is 2.31. The molecule has 0 heterocycles. The second kappa shape index (κ2) is 13.5. The first-order valence-corrected chi connectivity index (χ1v) is 12.4. The van der Waals surface area contributed by atoms with Crippen LogP contribution >= 0.6 is 11.6 Å². The van der Waals surface area contributed by atoms with Crippen LogP contribution in [0.15, 0.2) is 78.9 Å². The van der Waals surface area contributed by atoms with Gasteiger partial charge >= 0.3 is 0 Å². The second-order valence-corrected chi connectivity index (χ2v) is 8.98. The normalized spacial score (nSPS) is 11.5. The molecular weight excluding hydrogens is 460 g/mol. The number of aryl methyl sites for hydroxylation is 1. The van der Waals surface area contributed by atoms with Crippen LogP contribution in [0.5, 0.6) is 5.75 Å². The van der Waals surface area contributed by atoms with Crippen LogP contribution in [-0.2, 0) is 22.6 Å². The Bertz CT molecular complexity index is 1100. The average molecular weight is 493 g/mol. The predicted octanol–water partition coefficient (Wildman–Crippen LogP) is 5.58. The summed E-state index contributed by atoms with van der Waals surface area (Å²) in [6, 6.07) is 24.0. The highest BCUT2D eigenvalue weighted by atomic mass is 35.5. The smallest absolute Gasteiger partial charge is 0.261 e. The lowest BCUT2D eigenvalue weighted by molar-refractivity contribution is -0.142. The molecule has 0 bridgehead atoms. The van der Waals surface area contributed by atoms with E-state index >= 15 is 0 Å². The van der Waals surface area contributed by atoms with Crippen LogP contribution in [0.25, 0.3) is 0 Å². The molecule has 0 saturated carbocycles. The predicted molar refractivity (Wildman–Crippen MR) is 141 cm³/mol. The largest absolute Gasteiger partial charge is 0.484 e. The Morgan fingerprint density at radius 3 is 2.46 bits per heavy atom. The van der Waals surface area contributed by atoms with Crippen LogP contribution < -0.4 is 10.1 Å². The van der Waals surface area contributed by atoms with E-state index in [-0.39, 0.29) is 25.0 Å². The number of rotatable bonds is 12. The molecule has 1 atom stereocenters. The Labute approximate surface area is 213 Å². The standard InChI is InChI=1S/C29H33ClN2O3/c1-3-4-17-31-29(34)27(19-23-12-6-5-7-13-23)32(20-24-14-8-9-16-26(24)30)28(33)21-35-25-15-10-11-22(2)18-25/h5-16,18,27H,3-4,17,19-21H2,1-2H3,(H,31,34)/t27-/m0/s1. The van der Waals surface area contributed by atoms with Crippen molar-refractivity contribution in [1.82, 2.24) is 10.2 Å². The van der Waals surface area contributed by atoms with Gasteiger partial charge in [0.2, 0.25) is 5.91 Å². The number of hydrogen-bond acceptors (Lipinski definition) is 3. The van der Waals surface area contributed by atoms with Gasteiger partial charge in [-0.15, -0.1) is 0 Å². The minimum absolute atomic E-state index is 0.179. The van der Waals surface area contributed by atoms with E-state index in [0.29, 0.717) is 23.7 Å². The molecule has 0 radical (unpaired) electrons. The first kappa shape index (κ1) is 26.3. The monoisotopic (exact) mass is 492 g/mol. The number of hydrogen-bond donors (Lipinski definition) is 1. The van der Waals surface area contributed by atoms with Crippen molar-refractivity contribution < 1.29 is 14.3 Å². The van der Waals surface area contributed by atoms with Gasteiger partial charge in [-0.3, -0.25) is 9.59 Å². The maximum Gasteiger partial charge on any atom is 0.261 e. The molecule has 0 aliphatic heterocycles. The van der Waals surface area contributed by atoms with Gasteiger partial charge in [0.1, 0.15) is 11.8 Å². The zero-order chi connectivity index (χ0) is 25.0. The van der Waals surface area contributed by atoms with Crippen LogP contribution in [0, 0.1) is 6.92 Å². The summed E-state index contributed by atoms with van der Waals surface area (Å²) in [5.74, 6) is 0.152. The molecule has 3 aromatic carbocycles. The van der Waals surface area contributed by atoms with Crippen molar-refractivity contribution in [2.75, 3.05) is 13.2 Å². The number of halogens is 1. The number of nitrogens with one attached hydrogen (secondary N) is 1. The third-order valence-electron chi connectivity index (χ3n) is 5.75. The number of ether oxygens (including phenoxy) is 1. The molecule has 0 saturated heterocycles. The highest BCUT2D eigenvalue weighted by Crippen LogP contribution is 2.21. The summed E-state index contributed by atoms with van der Waals surface area (Å²) in [6.07, 6.45) is 2.23. The van der Waals surface area contributed by atoms with E-state index in [1.807, 2.05) is 79.7 Å². The maximum atomic E-state index is 13.6. The van der Waals surface area contributed by atoms with Crippen molar-refractivity contribution in [3.05, 3.63) is 101 Å². The van der Waals surface area contributed by atoms with Crippen LogP contribution in [0.1, 0.15) is 36.5 Å². The Hall–Kier alpha value is -3.31. The molecule has 6 heteroatoms. The molecule has 0 fully saturated rings. The molecule has 3 rings (SSSR count). The summed E-state index contributed by atoms with van der Waals surface area (Å²) in [7, 11) is 0. The van der Waals surface area contributed by atoms with Crippen molar-refractivity contribution in [3.8, 4) is 5.75 Å². The van der Waals surface area contributed by atoms with Gasteiger partial charge in [0.15, 0.2) is 6.61 Å². The van der Waals surface area contributed by atoms with E-state index < -0.39 is 6.04 Å². The van der Waals surface area contributed by atoms with E-state index in [0.717, 1.165) is 29.5 Å². The summed E-state index contributed by atoms with van der Waals surface area (Å²) in [6.45, 7) is 4.63. The van der Waals surface area contributed by atoms with Crippen LogP contribution in [0.3, 0.4) is 0 Å². The fourth-order valence-electron chi connectivity index (χ4n) is 3.80. The quantitative estimate of drug-likeness (QED) is 0.335. The SMILES string of the molecule is CCCCNC(=O)[C@H](Cc1ccccc1)N(Cc1ccccc1Cl)C(=O)COc1cccc(C)c1. The maximum absolute atomic E-state index is 13.6. The fourth-order valence-corrected chi connectivity index (χ4v) is 4.00. The number of carbonyl (C=O) groups is 2. The second-order valence-electron chi connectivity index (χ2n) is 8.57. The lowest BCUT2D eigenvalue weighted by Gasteiger charge is -2.31. The van der Waals surface area contributed by atoms with Crippen LogP contribution in [0.2, 0.25) is 5.02 Å². The topological polar surface area (TPSA) is 58.6 Å². The van der Waals surface area contributed by atoms with Crippen LogP contribution in [0.4, 0.5) is 0 Å². The molecule has 0 unspecified atom stereocenters. The highest BCUT2D eigenvalue weighted by molar-refractivity contribution is 6.31. The molecule has 0 spiro atoms. The van der Waals surface area contributed by atoms with Crippen molar-refractivity contribution >= 4 is 23.4 Å². The molecule has 1 N–H and O–H groups in total. The van der Waals surface area contributed by atoms with Gasteiger partial charge in [-0.2, -0.15) is 0 Å². The van der Waals surface area contributed by atoms with Crippen molar-refractivity contribution in [1.29, 1.82) is 0 Å². The zero-order valence-corrected chi connectivity index (χ0v) is 21.1. The van der Waals surface area contributed by atoms with Gasteiger partial charge in [-0.1, -0.05) is 85.6 Å². The van der Waals surface area contributed by atoms with Gasteiger partial charge in [-0.25, -0.2) is 0 Å². The molecule has 5 nitrogen and oxygen atoms in total. The Morgan fingerprint density at radius 1 is 1.00 bits per heavy atom. The summed E-state index contributed by atoms with van der Waals surface area (Å²) in [4.78, 5) is 28.5. The summed E-state index contributed by atoms with van der Waals surface area (Å²) >= 11 is 6.44. The van der Waals surface area contributed by atoms with E-state index in [2.05, 4.69) is 12.2 Å². The molecule has 0 aliphatic carbocycles. The van der Waals surface area contributed by atoms with E-state index in [4.69, 9.17) is 16.3 Å². The van der Waals surface area contributed by atoms with Crippen molar-refractivity contribution in [2.24, 2.45) is 0 Å². The zero-order valence-electron chi connectivity index (χ0n) is 20.4. The van der Waals surface area contributed by atoms with E-state index in [9.17, 15) is 9.59 Å².